The molecule has 2 nitrogen and oxygen atoms in total. The van der Waals surface area contributed by atoms with E-state index in [1.165, 1.54) is 71.9 Å². The summed E-state index contributed by atoms with van der Waals surface area (Å²) in [4.78, 5) is 2.34. The zero-order valence-corrected chi connectivity index (χ0v) is 36.7. The average Bonchev–Trinajstić information content (AvgIpc) is 3.67. The van der Waals surface area contributed by atoms with Gasteiger partial charge in [0.05, 0.1) is 11.0 Å². The zero-order chi connectivity index (χ0) is 41.5. The summed E-state index contributed by atoms with van der Waals surface area (Å²) in [6, 6.07) is 65.6. The number of hydrogen-bond acceptors (Lipinski definition) is 1. The molecule has 3 heteroatoms. The third-order valence-corrected chi connectivity index (χ3v) is 12.5. The van der Waals surface area contributed by atoms with Crippen molar-refractivity contribution in [2.45, 2.75) is 20.3 Å². The summed E-state index contributed by atoms with van der Waals surface area (Å²) in [5.41, 5.74) is 18.2. The van der Waals surface area contributed by atoms with Gasteiger partial charge in [0.15, 0.2) is 0 Å². The van der Waals surface area contributed by atoms with E-state index in [-0.39, 0.29) is 0 Å². The molecule has 296 valence electrons. The minimum absolute atomic E-state index is 0.905. The van der Waals surface area contributed by atoms with Crippen molar-refractivity contribution in [3.05, 3.63) is 252 Å². The fraction of sp³-hybridized carbons (Fsp3) is 0.0690. The van der Waals surface area contributed by atoms with Crippen LogP contribution in [0.2, 0.25) is 0 Å². The molecule has 0 amide bonds. The van der Waals surface area contributed by atoms with E-state index < -0.39 is 0 Å². The molecule has 0 saturated carbocycles. The van der Waals surface area contributed by atoms with Crippen molar-refractivity contribution in [3.63, 3.8) is 0 Å². The van der Waals surface area contributed by atoms with Crippen LogP contribution >= 0.6 is 22.6 Å². The Balaban J connectivity index is 0.988. The van der Waals surface area contributed by atoms with Crippen LogP contribution in [0.15, 0.2) is 241 Å². The number of aromatic nitrogens is 1. The van der Waals surface area contributed by atoms with Gasteiger partial charge in [0.2, 0.25) is 0 Å². The Kier molecular flexibility index (Phi) is 11.9. The van der Waals surface area contributed by atoms with Gasteiger partial charge in [0, 0.05) is 37.9 Å². The number of halogens is 1. The first-order valence-corrected chi connectivity index (χ1v) is 22.5. The van der Waals surface area contributed by atoms with Gasteiger partial charge >= 0.3 is 0 Å². The van der Waals surface area contributed by atoms with Gasteiger partial charge in [0.25, 0.3) is 0 Å². The van der Waals surface area contributed by atoms with E-state index in [0.717, 1.165) is 33.6 Å². The monoisotopic (exact) mass is 898 g/mol. The van der Waals surface area contributed by atoms with Gasteiger partial charge in [-0.25, -0.2) is 0 Å². The summed E-state index contributed by atoms with van der Waals surface area (Å²) in [5, 5.41) is 2.54. The van der Waals surface area contributed by atoms with Crippen molar-refractivity contribution < 1.29 is 0 Å². The maximum Gasteiger partial charge on any atom is 0.0541 e. The van der Waals surface area contributed by atoms with E-state index in [4.69, 9.17) is 0 Å². The second-order valence-corrected chi connectivity index (χ2v) is 16.2. The first-order chi connectivity index (χ1) is 30.1. The Morgan fingerprint density at radius 1 is 0.557 bits per heavy atom. The molecule has 0 atom stereocenters. The van der Waals surface area contributed by atoms with Crippen molar-refractivity contribution in [1.82, 2.24) is 4.57 Å². The molecule has 1 heterocycles. The highest BCUT2D eigenvalue weighted by atomic mass is 127. The third kappa shape index (κ3) is 8.52. The number of nitrogens with zero attached hydrogens (tertiary/aromatic N) is 2. The topological polar surface area (TPSA) is 8.17 Å². The molecule has 0 bridgehead atoms. The van der Waals surface area contributed by atoms with Crippen LogP contribution in [0.3, 0.4) is 0 Å². The van der Waals surface area contributed by atoms with Gasteiger partial charge in [-0.15, -0.1) is 0 Å². The van der Waals surface area contributed by atoms with Crippen molar-refractivity contribution in [3.8, 4) is 16.8 Å². The molecule has 0 aliphatic heterocycles. The summed E-state index contributed by atoms with van der Waals surface area (Å²) in [7, 11) is 0. The molecule has 0 fully saturated rings. The molecular weight excluding hydrogens is 852 g/mol. The summed E-state index contributed by atoms with van der Waals surface area (Å²) in [6.45, 7) is 4.44. The zero-order valence-electron chi connectivity index (χ0n) is 34.5. The fourth-order valence-electron chi connectivity index (χ4n) is 8.27. The molecular formula is C58H47IN2. The summed E-state index contributed by atoms with van der Waals surface area (Å²) < 4.78 is 3.29. The van der Waals surface area contributed by atoms with Gasteiger partial charge in [0.1, 0.15) is 0 Å². The number of allylic oxidation sites excluding steroid dienone is 12. The van der Waals surface area contributed by atoms with Gasteiger partial charge in [-0.1, -0.05) is 186 Å². The Bertz CT molecular complexity index is 2960. The minimum atomic E-state index is 0.905. The van der Waals surface area contributed by atoms with E-state index in [1.807, 2.05) is 0 Å². The second-order valence-electron chi connectivity index (χ2n) is 15.5. The third-order valence-electron chi connectivity index (χ3n) is 11.6. The molecule has 0 spiro atoms. The summed E-state index contributed by atoms with van der Waals surface area (Å²) in [6.07, 6.45) is 16.6. The van der Waals surface area contributed by atoms with Crippen molar-refractivity contribution in [2.24, 2.45) is 0 Å². The van der Waals surface area contributed by atoms with E-state index in [0.29, 0.717) is 0 Å². The quantitative estimate of drug-likeness (QED) is 0.0713. The van der Waals surface area contributed by atoms with Crippen LogP contribution < -0.4 is 4.90 Å². The first-order valence-electron chi connectivity index (χ1n) is 20.9. The first kappa shape index (κ1) is 39.8. The minimum Gasteiger partial charge on any atom is -0.311 e. The predicted octanol–water partition coefficient (Wildman–Crippen LogP) is 16.6. The molecule has 1 aromatic heterocycles. The Morgan fingerprint density at radius 2 is 1.16 bits per heavy atom. The lowest BCUT2D eigenvalue weighted by Crippen LogP contribution is -2.09. The van der Waals surface area contributed by atoms with Gasteiger partial charge in [-0.2, -0.15) is 0 Å². The average molecular weight is 899 g/mol. The number of hydrogen-bond donors (Lipinski definition) is 0. The van der Waals surface area contributed by atoms with Crippen LogP contribution in [0.25, 0.3) is 49.8 Å². The molecule has 0 N–H and O–H groups in total. The Labute approximate surface area is 373 Å². The normalized spacial score (nSPS) is 14.2. The number of anilines is 3. The van der Waals surface area contributed by atoms with Gasteiger partial charge < -0.3 is 9.47 Å². The van der Waals surface area contributed by atoms with Gasteiger partial charge in [-0.3, -0.25) is 0 Å². The molecule has 9 rings (SSSR count). The highest BCUT2D eigenvalue weighted by Gasteiger charge is 2.15. The smallest absolute Gasteiger partial charge is 0.0541 e. The SMILES string of the molecule is CC(=C\C=C(/CI)c1ccc(N(c2ccccc2)c2ccc(-c3cccc(-n4c5ccccc5c5ccccc54)c3)cc2)cc1)/C(C)=C/C(=C1/C=CC=CC1)c1ccccc1. The van der Waals surface area contributed by atoms with Crippen LogP contribution in [0.5, 0.6) is 0 Å². The van der Waals surface area contributed by atoms with E-state index >= 15 is 0 Å². The number of alkyl halides is 1. The number of rotatable bonds is 11. The van der Waals surface area contributed by atoms with Crippen LogP contribution in [0, 0.1) is 0 Å². The molecule has 0 radical (unpaired) electrons. The van der Waals surface area contributed by atoms with Crippen LogP contribution in [0.4, 0.5) is 17.1 Å². The second kappa shape index (κ2) is 18.3. The molecule has 0 unspecified atom stereocenters. The predicted molar refractivity (Wildman–Crippen MR) is 272 cm³/mol. The summed E-state index contributed by atoms with van der Waals surface area (Å²) in [5.74, 6) is 0. The van der Waals surface area contributed by atoms with E-state index in [1.54, 1.807) is 0 Å². The highest BCUT2D eigenvalue weighted by Crippen LogP contribution is 2.38. The Hall–Kier alpha value is -6.69. The van der Waals surface area contributed by atoms with Crippen LogP contribution in [-0.4, -0.2) is 8.99 Å². The molecule has 1 aliphatic carbocycles. The number of fused-ring (bicyclic) bond motifs is 3. The molecule has 61 heavy (non-hydrogen) atoms. The Morgan fingerprint density at radius 3 is 1.80 bits per heavy atom. The van der Waals surface area contributed by atoms with E-state index in [9.17, 15) is 0 Å². The lowest BCUT2D eigenvalue weighted by molar-refractivity contribution is 1.18. The number of benzene rings is 7. The highest BCUT2D eigenvalue weighted by molar-refractivity contribution is 14.1. The lowest BCUT2D eigenvalue weighted by Gasteiger charge is -2.26. The maximum absolute atomic E-state index is 2.49. The molecule has 0 saturated heterocycles. The number of para-hydroxylation sites is 3. The fourth-order valence-corrected chi connectivity index (χ4v) is 8.97. The molecule has 7 aromatic carbocycles. The summed E-state index contributed by atoms with van der Waals surface area (Å²) >= 11 is 2.49. The van der Waals surface area contributed by atoms with Crippen LogP contribution in [0.1, 0.15) is 31.4 Å². The largest absolute Gasteiger partial charge is 0.311 e. The van der Waals surface area contributed by atoms with Gasteiger partial charge in [-0.05, 0) is 131 Å². The lowest BCUT2D eigenvalue weighted by atomic mass is 9.92. The van der Waals surface area contributed by atoms with E-state index in [2.05, 4.69) is 270 Å². The maximum atomic E-state index is 2.49. The molecule has 1 aliphatic rings. The van der Waals surface area contributed by atoms with Crippen LogP contribution in [-0.2, 0) is 0 Å². The molecule has 8 aromatic rings. The van der Waals surface area contributed by atoms with Crippen molar-refractivity contribution >= 4 is 72.6 Å². The van der Waals surface area contributed by atoms with Crippen molar-refractivity contribution in [1.29, 1.82) is 0 Å². The standard InChI is InChI=1S/C58H47IN2/c1-42(43(2)39-56(46-17-6-3-7-18-46)47-19-8-4-9-20-47)29-30-49(41-59)45-33-37-52(38-34-45)60(50-22-10-5-11-23-50)51-35-31-44(32-36-51)48-21-16-24-53(40-48)61-57-27-14-12-25-54(57)55-26-13-15-28-58(55)61/h3-19,21-40H,20,41H2,1-2H3/b42-29+,43-39+,49-30+,56-47+. The van der Waals surface area contributed by atoms with Crippen molar-refractivity contribution in [2.75, 3.05) is 9.33 Å².